The van der Waals surface area contributed by atoms with E-state index in [1.807, 2.05) is 43.9 Å². The molecule has 6 nitrogen and oxygen atoms in total. The van der Waals surface area contributed by atoms with E-state index in [1.54, 1.807) is 17.2 Å². The molecule has 0 fully saturated rings. The molecule has 2 amide bonds. The zero-order chi connectivity index (χ0) is 19.8. The van der Waals surface area contributed by atoms with E-state index in [4.69, 9.17) is 23.2 Å². The van der Waals surface area contributed by atoms with Crippen LogP contribution in [-0.4, -0.2) is 59.1 Å². The number of imidazole rings is 1. The van der Waals surface area contributed by atoms with Gasteiger partial charge in [0.2, 0.25) is 0 Å². The molecule has 1 aromatic heterocycles. The first kappa shape index (κ1) is 21.5. The van der Waals surface area contributed by atoms with Gasteiger partial charge in [-0.3, -0.25) is 0 Å². The van der Waals surface area contributed by atoms with Gasteiger partial charge in [0.05, 0.1) is 16.6 Å². The molecule has 2 aromatic rings. The summed E-state index contributed by atoms with van der Waals surface area (Å²) in [7, 11) is 3.99. The van der Waals surface area contributed by atoms with Crippen molar-refractivity contribution < 1.29 is 4.79 Å². The van der Waals surface area contributed by atoms with Gasteiger partial charge in [-0.15, -0.1) is 0 Å². The summed E-state index contributed by atoms with van der Waals surface area (Å²) in [5.41, 5.74) is 1.03. The molecule has 2 rings (SSSR count). The SMILES string of the molecule is CCCNC(=O)N(CCN(C)C)Cc1nccn1Cc1ccc(Cl)c(Cl)c1. The Balaban J connectivity index is 2.11. The van der Waals surface area contributed by atoms with E-state index in [1.165, 1.54) is 0 Å². The van der Waals surface area contributed by atoms with Crippen molar-refractivity contribution in [3.63, 3.8) is 0 Å². The summed E-state index contributed by atoms with van der Waals surface area (Å²) in [6.45, 7) is 5.17. The topological polar surface area (TPSA) is 53.4 Å². The molecule has 0 aliphatic rings. The molecule has 1 N–H and O–H groups in total. The van der Waals surface area contributed by atoms with Crippen molar-refractivity contribution in [2.24, 2.45) is 0 Å². The maximum atomic E-state index is 12.5. The highest BCUT2D eigenvalue weighted by Gasteiger charge is 2.16. The number of nitrogens with zero attached hydrogens (tertiary/aromatic N) is 4. The van der Waals surface area contributed by atoms with E-state index >= 15 is 0 Å². The van der Waals surface area contributed by atoms with Crippen molar-refractivity contribution in [1.82, 2.24) is 24.7 Å². The minimum atomic E-state index is -0.0669. The van der Waals surface area contributed by atoms with Crippen LogP contribution >= 0.6 is 23.2 Å². The van der Waals surface area contributed by atoms with Crippen LogP contribution in [-0.2, 0) is 13.1 Å². The lowest BCUT2D eigenvalue weighted by Crippen LogP contribution is -2.43. The van der Waals surface area contributed by atoms with Crippen molar-refractivity contribution >= 4 is 29.2 Å². The summed E-state index contributed by atoms with van der Waals surface area (Å²) in [5.74, 6) is 0.825. The molecular weight excluding hydrogens is 385 g/mol. The van der Waals surface area contributed by atoms with Crippen LogP contribution in [0.5, 0.6) is 0 Å². The first-order valence-electron chi connectivity index (χ1n) is 9.02. The largest absolute Gasteiger partial charge is 0.338 e. The molecule has 0 saturated heterocycles. The number of urea groups is 1. The highest BCUT2D eigenvalue weighted by molar-refractivity contribution is 6.42. The number of amides is 2. The van der Waals surface area contributed by atoms with E-state index in [-0.39, 0.29) is 6.03 Å². The Morgan fingerprint density at radius 3 is 2.67 bits per heavy atom. The minimum Gasteiger partial charge on any atom is -0.338 e. The molecule has 1 heterocycles. The summed E-state index contributed by atoms with van der Waals surface area (Å²) in [4.78, 5) is 20.8. The summed E-state index contributed by atoms with van der Waals surface area (Å²) >= 11 is 12.1. The first-order chi connectivity index (χ1) is 12.9. The molecule has 0 spiro atoms. The number of carbonyl (C=O) groups is 1. The van der Waals surface area contributed by atoms with Gasteiger partial charge in [-0.2, -0.15) is 0 Å². The monoisotopic (exact) mass is 411 g/mol. The van der Waals surface area contributed by atoms with Gasteiger partial charge < -0.3 is 19.7 Å². The summed E-state index contributed by atoms with van der Waals surface area (Å²) in [5, 5.41) is 4.02. The van der Waals surface area contributed by atoms with Gasteiger partial charge in [-0.25, -0.2) is 9.78 Å². The van der Waals surface area contributed by atoms with E-state index in [2.05, 4.69) is 15.2 Å². The average molecular weight is 412 g/mol. The second-order valence-corrected chi connectivity index (χ2v) is 7.49. The lowest BCUT2D eigenvalue weighted by atomic mass is 10.2. The Morgan fingerprint density at radius 2 is 2.00 bits per heavy atom. The van der Waals surface area contributed by atoms with Crippen LogP contribution in [0.25, 0.3) is 0 Å². The van der Waals surface area contributed by atoms with Crippen molar-refractivity contribution in [2.75, 3.05) is 33.7 Å². The van der Waals surface area contributed by atoms with Crippen LogP contribution in [0.3, 0.4) is 0 Å². The molecule has 8 heteroatoms. The van der Waals surface area contributed by atoms with Crippen LogP contribution in [0.4, 0.5) is 4.79 Å². The fourth-order valence-corrected chi connectivity index (χ4v) is 2.88. The Bertz CT molecular complexity index is 747. The lowest BCUT2D eigenvalue weighted by molar-refractivity contribution is 0.186. The molecule has 0 saturated carbocycles. The third-order valence-corrected chi connectivity index (χ3v) is 4.84. The van der Waals surface area contributed by atoms with Gasteiger partial charge in [0, 0.05) is 38.6 Å². The number of benzene rings is 1. The number of nitrogens with one attached hydrogen (secondary N) is 1. The maximum absolute atomic E-state index is 12.5. The molecule has 0 atom stereocenters. The highest BCUT2D eigenvalue weighted by Crippen LogP contribution is 2.23. The van der Waals surface area contributed by atoms with Crippen molar-refractivity contribution in [3.8, 4) is 0 Å². The van der Waals surface area contributed by atoms with Crippen LogP contribution in [0.15, 0.2) is 30.6 Å². The van der Waals surface area contributed by atoms with E-state index in [0.717, 1.165) is 24.4 Å². The molecule has 27 heavy (non-hydrogen) atoms. The molecule has 0 aliphatic carbocycles. The fraction of sp³-hybridized carbons (Fsp3) is 0.474. The Morgan fingerprint density at radius 1 is 1.22 bits per heavy atom. The number of carbonyl (C=O) groups excluding carboxylic acids is 1. The highest BCUT2D eigenvalue weighted by atomic mass is 35.5. The summed E-state index contributed by atoms with van der Waals surface area (Å²) in [6.07, 6.45) is 4.56. The Labute approximate surface area is 171 Å². The number of hydrogen-bond donors (Lipinski definition) is 1. The van der Waals surface area contributed by atoms with Crippen LogP contribution in [0.1, 0.15) is 24.7 Å². The molecule has 0 aliphatic heterocycles. The molecule has 0 bridgehead atoms. The Hall–Kier alpha value is -1.76. The van der Waals surface area contributed by atoms with Crippen LogP contribution < -0.4 is 5.32 Å². The van der Waals surface area contributed by atoms with Crippen LogP contribution in [0.2, 0.25) is 10.0 Å². The van der Waals surface area contributed by atoms with Gasteiger partial charge in [-0.1, -0.05) is 36.2 Å². The van der Waals surface area contributed by atoms with Crippen molar-refractivity contribution in [3.05, 3.63) is 52.0 Å². The van der Waals surface area contributed by atoms with E-state index in [0.29, 0.717) is 36.2 Å². The predicted octanol–water partition coefficient (Wildman–Crippen LogP) is 3.72. The summed E-state index contributed by atoms with van der Waals surface area (Å²) in [6, 6.07) is 5.52. The molecule has 0 radical (unpaired) electrons. The van der Waals surface area contributed by atoms with E-state index < -0.39 is 0 Å². The minimum absolute atomic E-state index is 0.0669. The average Bonchev–Trinajstić information content (AvgIpc) is 3.06. The number of likely N-dealkylation sites (N-methyl/N-ethyl adjacent to an activating group) is 1. The van der Waals surface area contributed by atoms with E-state index in [9.17, 15) is 4.79 Å². The standard InChI is InChI=1S/C19H27Cl2N5O/c1-4-7-23-19(27)26(11-10-24(2)3)14-18-22-8-9-25(18)13-15-5-6-16(20)17(21)12-15/h5-6,8-9,12H,4,7,10-11,13-14H2,1-3H3,(H,23,27). The molecule has 1 aromatic carbocycles. The zero-order valence-electron chi connectivity index (χ0n) is 16.1. The van der Waals surface area contributed by atoms with Gasteiger partial charge in [0.25, 0.3) is 0 Å². The van der Waals surface area contributed by atoms with Gasteiger partial charge in [0.15, 0.2) is 0 Å². The molecule has 148 valence electrons. The molecule has 0 unspecified atom stereocenters. The van der Waals surface area contributed by atoms with Gasteiger partial charge in [-0.05, 0) is 38.2 Å². The van der Waals surface area contributed by atoms with Crippen molar-refractivity contribution in [2.45, 2.75) is 26.4 Å². The maximum Gasteiger partial charge on any atom is 0.317 e. The number of halogens is 2. The number of hydrogen-bond acceptors (Lipinski definition) is 3. The Kier molecular flexibility index (Phi) is 8.41. The second-order valence-electron chi connectivity index (χ2n) is 6.68. The number of aromatic nitrogens is 2. The second kappa shape index (κ2) is 10.5. The normalized spacial score (nSPS) is 11.0. The predicted molar refractivity (Wildman–Crippen MR) is 110 cm³/mol. The van der Waals surface area contributed by atoms with Gasteiger partial charge in [0.1, 0.15) is 5.82 Å². The zero-order valence-corrected chi connectivity index (χ0v) is 17.6. The van der Waals surface area contributed by atoms with Gasteiger partial charge >= 0.3 is 6.03 Å². The molecular formula is C19H27Cl2N5O. The summed E-state index contributed by atoms with van der Waals surface area (Å²) < 4.78 is 2.02. The quantitative estimate of drug-likeness (QED) is 0.683. The lowest BCUT2D eigenvalue weighted by Gasteiger charge is -2.25. The smallest absolute Gasteiger partial charge is 0.317 e. The third kappa shape index (κ3) is 6.72. The van der Waals surface area contributed by atoms with Crippen molar-refractivity contribution in [1.29, 1.82) is 0 Å². The van der Waals surface area contributed by atoms with Crippen LogP contribution in [0, 0.1) is 0 Å². The fourth-order valence-electron chi connectivity index (χ4n) is 2.56. The first-order valence-corrected chi connectivity index (χ1v) is 9.77. The third-order valence-electron chi connectivity index (χ3n) is 4.10. The number of rotatable bonds is 9.